The second kappa shape index (κ2) is 6.96. The van der Waals surface area contributed by atoms with Gasteiger partial charge >= 0.3 is 11.9 Å². The summed E-state index contributed by atoms with van der Waals surface area (Å²) in [4.78, 5) is 22.1. The minimum atomic E-state index is -0.997. The average molecular weight is 313 g/mol. The molecule has 0 aromatic heterocycles. The first-order valence-corrected chi connectivity index (χ1v) is 6.47. The number of benzene rings is 1. The Morgan fingerprint density at radius 3 is 2.67 bits per heavy atom. The summed E-state index contributed by atoms with van der Waals surface area (Å²) < 4.78 is 4.75. The van der Waals surface area contributed by atoms with Crippen LogP contribution in [0.5, 0.6) is 0 Å². The fraction of sp³-hybridized carbons (Fsp3) is 0.231. The van der Waals surface area contributed by atoms with E-state index in [-0.39, 0.29) is 5.56 Å². The molecule has 4 nitrogen and oxygen atoms in total. The monoisotopic (exact) mass is 312 g/mol. The number of ether oxygens (including phenoxy) is 1. The quantitative estimate of drug-likeness (QED) is 0.516. The Kier molecular flexibility index (Phi) is 5.58. The molecule has 0 aliphatic heterocycles. The predicted octanol–water partition coefficient (Wildman–Crippen LogP) is 2.86. The lowest BCUT2D eigenvalue weighted by Crippen LogP contribution is -2.00. The summed E-state index contributed by atoms with van der Waals surface area (Å²) in [5.74, 6) is -1.44. The van der Waals surface area contributed by atoms with Crippen molar-refractivity contribution in [3.05, 3.63) is 41.0 Å². The second-order valence-corrected chi connectivity index (χ2v) is 4.05. The summed E-state index contributed by atoms with van der Waals surface area (Å²) in [6, 6.07) is 4.89. The molecule has 0 spiro atoms. The third kappa shape index (κ3) is 4.33. The summed E-state index contributed by atoms with van der Waals surface area (Å²) in [6.07, 6.45) is 2.82. The van der Waals surface area contributed by atoms with Crippen LogP contribution in [0.2, 0.25) is 0 Å². The number of carbonyl (C=O) groups excluding carboxylic acids is 1. The van der Waals surface area contributed by atoms with Gasteiger partial charge in [-0.1, -0.05) is 22.0 Å². The van der Waals surface area contributed by atoms with Crippen LogP contribution < -0.4 is 0 Å². The van der Waals surface area contributed by atoms with Gasteiger partial charge in [-0.3, -0.25) is 0 Å². The molecule has 18 heavy (non-hydrogen) atoms. The summed E-state index contributed by atoms with van der Waals surface area (Å²) >= 11 is 3.27. The second-order valence-electron chi connectivity index (χ2n) is 3.49. The summed E-state index contributed by atoms with van der Waals surface area (Å²) in [5.41, 5.74) is 1.67. The first kappa shape index (κ1) is 14.4. The number of carbonyl (C=O) groups is 2. The maximum absolute atomic E-state index is 11.2. The van der Waals surface area contributed by atoms with Gasteiger partial charge in [0.15, 0.2) is 0 Å². The average Bonchev–Trinajstić information content (AvgIpc) is 2.36. The molecule has 0 aliphatic rings. The molecule has 0 radical (unpaired) electrons. The Balaban J connectivity index is 2.98. The Bertz CT molecular complexity index is 480. The smallest absolute Gasteiger partial charge is 0.335 e. The SMILES string of the molecule is CCOC(=O)/C=C/c1cc(CBr)cc(C(=O)O)c1. The van der Waals surface area contributed by atoms with Crippen LogP contribution in [0.4, 0.5) is 0 Å². The summed E-state index contributed by atoms with van der Waals surface area (Å²) in [7, 11) is 0. The van der Waals surface area contributed by atoms with Crippen molar-refractivity contribution in [2.45, 2.75) is 12.3 Å². The fourth-order valence-corrected chi connectivity index (χ4v) is 1.69. The molecule has 0 heterocycles. The van der Waals surface area contributed by atoms with E-state index < -0.39 is 11.9 Å². The van der Waals surface area contributed by atoms with Crippen molar-refractivity contribution in [2.24, 2.45) is 0 Å². The van der Waals surface area contributed by atoms with Gasteiger partial charge in [-0.2, -0.15) is 0 Å². The van der Waals surface area contributed by atoms with Crippen molar-refractivity contribution in [1.82, 2.24) is 0 Å². The van der Waals surface area contributed by atoms with Gasteiger partial charge in [0.2, 0.25) is 0 Å². The number of aromatic carboxylic acids is 1. The molecule has 0 bridgehead atoms. The minimum Gasteiger partial charge on any atom is -0.478 e. The predicted molar refractivity (Wildman–Crippen MR) is 71.7 cm³/mol. The van der Waals surface area contributed by atoms with Crippen molar-refractivity contribution in [3.8, 4) is 0 Å². The van der Waals surface area contributed by atoms with Crippen LogP contribution in [-0.4, -0.2) is 23.7 Å². The fourth-order valence-electron chi connectivity index (χ4n) is 1.37. The Labute approximate surface area is 113 Å². The number of rotatable bonds is 5. The number of halogens is 1. The van der Waals surface area contributed by atoms with Crippen LogP contribution in [0, 0.1) is 0 Å². The highest BCUT2D eigenvalue weighted by atomic mass is 79.9. The molecular weight excluding hydrogens is 300 g/mol. The molecule has 0 saturated heterocycles. The first-order chi connectivity index (χ1) is 8.56. The zero-order chi connectivity index (χ0) is 13.5. The van der Waals surface area contributed by atoms with Crippen molar-refractivity contribution < 1.29 is 19.4 Å². The molecule has 0 aliphatic carbocycles. The molecule has 0 atom stereocenters. The molecule has 1 rings (SSSR count). The van der Waals surface area contributed by atoms with Crippen LogP contribution in [0.25, 0.3) is 6.08 Å². The molecular formula is C13H13BrO4. The Morgan fingerprint density at radius 2 is 2.11 bits per heavy atom. The van der Waals surface area contributed by atoms with Crippen LogP contribution in [0.15, 0.2) is 24.3 Å². The molecule has 96 valence electrons. The normalized spacial score (nSPS) is 10.6. The van der Waals surface area contributed by atoms with Gasteiger partial charge in [-0.25, -0.2) is 9.59 Å². The third-order valence-corrected chi connectivity index (χ3v) is 2.76. The van der Waals surface area contributed by atoms with Gasteiger partial charge in [0, 0.05) is 11.4 Å². The lowest BCUT2D eigenvalue weighted by molar-refractivity contribution is -0.137. The standard InChI is InChI=1S/C13H13BrO4/c1-2-18-12(15)4-3-9-5-10(8-14)7-11(6-9)13(16)17/h3-7H,2,8H2,1H3,(H,16,17)/b4-3+. The number of carboxylic acids is 1. The zero-order valence-corrected chi connectivity index (χ0v) is 11.4. The van der Waals surface area contributed by atoms with E-state index in [2.05, 4.69) is 15.9 Å². The van der Waals surface area contributed by atoms with E-state index in [0.29, 0.717) is 17.5 Å². The topological polar surface area (TPSA) is 63.6 Å². The van der Waals surface area contributed by atoms with Crippen molar-refractivity contribution >= 4 is 33.9 Å². The molecule has 0 fully saturated rings. The van der Waals surface area contributed by atoms with E-state index in [9.17, 15) is 9.59 Å². The Morgan fingerprint density at radius 1 is 1.39 bits per heavy atom. The van der Waals surface area contributed by atoms with Crippen LogP contribution >= 0.6 is 15.9 Å². The molecule has 0 saturated carbocycles. The number of hydrogen-bond donors (Lipinski definition) is 1. The lowest BCUT2D eigenvalue weighted by atomic mass is 10.1. The van der Waals surface area contributed by atoms with E-state index in [1.807, 2.05) is 0 Å². The van der Waals surface area contributed by atoms with Gasteiger partial charge in [0.25, 0.3) is 0 Å². The summed E-state index contributed by atoms with van der Waals surface area (Å²) in [5, 5.41) is 9.51. The van der Waals surface area contributed by atoms with Crippen LogP contribution in [0.3, 0.4) is 0 Å². The highest BCUT2D eigenvalue weighted by Crippen LogP contribution is 2.14. The zero-order valence-electron chi connectivity index (χ0n) is 9.85. The molecule has 1 N–H and O–H groups in total. The van der Waals surface area contributed by atoms with Gasteiger partial charge in [-0.15, -0.1) is 0 Å². The summed E-state index contributed by atoms with van der Waals surface area (Å²) in [6.45, 7) is 2.03. The van der Waals surface area contributed by atoms with Crippen molar-refractivity contribution in [1.29, 1.82) is 0 Å². The maximum Gasteiger partial charge on any atom is 0.335 e. The van der Waals surface area contributed by atoms with Gasteiger partial charge in [0.05, 0.1) is 12.2 Å². The van der Waals surface area contributed by atoms with Gasteiger partial charge in [-0.05, 0) is 36.3 Å². The van der Waals surface area contributed by atoms with E-state index in [1.165, 1.54) is 18.2 Å². The first-order valence-electron chi connectivity index (χ1n) is 5.35. The molecule has 0 unspecified atom stereocenters. The highest BCUT2D eigenvalue weighted by molar-refractivity contribution is 9.08. The van der Waals surface area contributed by atoms with Crippen LogP contribution in [-0.2, 0) is 14.9 Å². The van der Waals surface area contributed by atoms with Gasteiger partial charge < -0.3 is 9.84 Å². The lowest BCUT2D eigenvalue weighted by Gasteiger charge is -2.02. The largest absolute Gasteiger partial charge is 0.478 e. The van der Waals surface area contributed by atoms with E-state index >= 15 is 0 Å². The van der Waals surface area contributed by atoms with E-state index in [1.54, 1.807) is 19.1 Å². The number of alkyl halides is 1. The van der Waals surface area contributed by atoms with E-state index in [0.717, 1.165) is 5.56 Å². The number of hydrogen-bond acceptors (Lipinski definition) is 3. The molecule has 0 amide bonds. The number of carboxylic acid groups (broad SMARTS) is 1. The van der Waals surface area contributed by atoms with Gasteiger partial charge in [0.1, 0.15) is 0 Å². The Hall–Kier alpha value is -1.62. The van der Waals surface area contributed by atoms with Crippen LogP contribution in [0.1, 0.15) is 28.4 Å². The molecule has 1 aromatic rings. The maximum atomic E-state index is 11.2. The number of esters is 1. The highest BCUT2D eigenvalue weighted by Gasteiger charge is 2.05. The van der Waals surface area contributed by atoms with E-state index in [4.69, 9.17) is 9.84 Å². The van der Waals surface area contributed by atoms with Crippen molar-refractivity contribution in [3.63, 3.8) is 0 Å². The molecule has 1 aromatic carbocycles. The third-order valence-electron chi connectivity index (χ3n) is 2.11. The molecule has 5 heteroatoms. The minimum absolute atomic E-state index is 0.190. The van der Waals surface area contributed by atoms with Crippen molar-refractivity contribution in [2.75, 3.05) is 6.61 Å².